The second kappa shape index (κ2) is 5.49. The van der Waals surface area contributed by atoms with Crippen LogP contribution in [0.3, 0.4) is 0 Å². The molecule has 0 spiro atoms. The molecule has 1 aromatic rings. The molecule has 2 fully saturated rings. The molecule has 0 aromatic heterocycles. The van der Waals surface area contributed by atoms with E-state index in [1.165, 1.54) is 5.56 Å². The molecule has 0 bridgehead atoms. The van der Waals surface area contributed by atoms with Crippen molar-refractivity contribution in [3.8, 4) is 5.75 Å². The minimum Gasteiger partial charge on any atom is -0.497 e. The Morgan fingerprint density at radius 3 is 2.68 bits per heavy atom. The summed E-state index contributed by atoms with van der Waals surface area (Å²) in [5.41, 5.74) is 1.20. The number of rotatable bonds is 2. The van der Waals surface area contributed by atoms with Crippen LogP contribution >= 0.6 is 0 Å². The summed E-state index contributed by atoms with van der Waals surface area (Å²) in [5.74, 6) is 1.84. The number of alkyl halides is 1. The van der Waals surface area contributed by atoms with Crippen molar-refractivity contribution in [2.45, 2.75) is 38.0 Å². The highest BCUT2D eigenvalue weighted by Gasteiger charge is 2.39. The number of methoxy groups -OCH3 is 1. The Kier molecular flexibility index (Phi) is 3.74. The van der Waals surface area contributed by atoms with E-state index in [4.69, 9.17) is 9.47 Å². The zero-order chi connectivity index (χ0) is 13.2. The molecule has 4 atom stereocenters. The van der Waals surface area contributed by atoms with Gasteiger partial charge in [0.05, 0.1) is 13.2 Å². The van der Waals surface area contributed by atoms with Gasteiger partial charge in [0.15, 0.2) is 0 Å². The predicted molar refractivity (Wildman–Crippen MR) is 72.0 cm³/mol. The van der Waals surface area contributed by atoms with Crippen LogP contribution in [0.1, 0.15) is 37.4 Å². The number of fused-ring (bicyclic) bond motifs is 1. The molecule has 0 radical (unpaired) electrons. The molecule has 1 aliphatic carbocycles. The summed E-state index contributed by atoms with van der Waals surface area (Å²) in [7, 11) is 1.67. The lowest BCUT2D eigenvalue weighted by Gasteiger charge is -2.42. The van der Waals surface area contributed by atoms with E-state index in [0.717, 1.165) is 31.6 Å². The highest BCUT2D eigenvalue weighted by molar-refractivity contribution is 5.29. The predicted octanol–water partition coefficient (Wildman–Crippen LogP) is 3.91. The van der Waals surface area contributed by atoms with E-state index in [0.29, 0.717) is 18.3 Å². The molecule has 1 aliphatic heterocycles. The first-order valence-corrected chi connectivity index (χ1v) is 7.17. The van der Waals surface area contributed by atoms with Crippen LogP contribution in [-0.2, 0) is 4.74 Å². The fourth-order valence-electron chi connectivity index (χ4n) is 3.57. The molecule has 2 nitrogen and oxygen atoms in total. The van der Waals surface area contributed by atoms with E-state index in [2.05, 4.69) is 12.1 Å². The molecule has 3 heteroatoms. The van der Waals surface area contributed by atoms with Crippen molar-refractivity contribution in [1.29, 1.82) is 0 Å². The van der Waals surface area contributed by atoms with Crippen molar-refractivity contribution >= 4 is 0 Å². The molecule has 19 heavy (non-hydrogen) atoms. The molecule has 1 aromatic carbocycles. The number of benzene rings is 1. The highest BCUT2D eigenvalue weighted by atomic mass is 19.1. The minimum atomic E-state index is -0.601. The molecule has 1 unspecified atom stereocenters. The molecule has 1 heterocycles. The van der Waals surface area contributed by atoms with Crippen LogP contribution in [0.25, 0.3) is 0 Å². The second-order valence-corrected chi connectivity index (χ2v) is 5.69. The molecular formula is C16H21FO2. The van der Waals surface area contributed by atoms with Crippen LogP contribution in [0, 0.1) is 11.8 Å². The summed E-state index contributed by atoms with van der Waals surface area (Å²) in [6.45, 7) is 0.755. The summed E-state index contributed by atoms with van der Waals surface area (Å²) >= 11 is 0. The maximum Gasteiger partial charge on any atom is 0.118 e. The third kappa shape index (κ3) is 2.62. The van der Waals surface area contributed by atoms with Gasteiger partial charge in [0.1, 0.15) is 11.9 Å². The SMILES string of the molecule is COc1ccc([C@H]2OCC[C@H]3CC(F)CC[C@@H]32)cc1. The fraction of sp³-hybridized carbons (Fsp3) is 0.625. The zero-order valence-electron chi connectivity index (χ0n) is 11.3. The maximum absolute atomic E-state index is 13.5. The third-order valence-corrected chi connectivity index (χ3v) is 4.60. The van der Waals surface area contributed by atoms with Gasteiger partial charge in [0, 0.05) is 6.61 Å². The molecule has 1 saturated carbocycles. The normalized spacial score (nSPS) is 34.6. The van der Waals surface area contributed by atoms with E-state index < -0.39 is 6.17 Å². The maximum atomic E-state index is 13.5. The molecule has 2 aliphatic rings. The van der Waals surface area contributed by atoms with E-state index >= 15 is 0 Å². The molecule has 104 valence electrons. The minimum absolute atomic E-state index is 0.136. The van der Waals surface area contributed by atoms with Crippen LogP contribution in [0.15, 0.2) is 24.3 Å². The van der Waals surface area contributed by atoms with Gasteiger partial charge in [0.25, 0.3) is 0 Å². The van der Waals surface area contributed by atoms with Gasteiger partial charge < -0.3 is 9.47 Å². The van der Waals surface area contributed by atoms with Gasteiger partial charge >= 0.3 is 0 Å². The smallest absolute Gasteiger partial charge is 0.118 e. The summed E-state index contributed by atoms with van der Waals surface area (Å²) in [4.78, 5) is 0. The van der Waals surface area contributed by atoms with Crippen LogP contribution < -0.4 is 4.74 Å². The van der Waals surface area contributed by atoms with Crippen molar-refractivity contribution in [3.63, 3.8) is 0 Å². The van der Waals surface area contributed by atoms with Crippen molar-refractivity contribution in [3.05, 3.63) is 29.8 Å². The van der Waals surface area contributed by atoms with Crippen molar-refractivity contribution in [2.24, 2.45) is 11.8 Å². The fourth-order valence-corrected chi connectivity index (χ4v) is 3.57. The zero-order valence-corrected chi connectivity index (χ0v) is 11.3. The summed E-state index contributed by atoms with van der Waals surface area (Å²) in [6, 6.07) is 8.10. The summed E-state index contributed by atoms with van der Waals surface area (Å²) in [6.07, 6.45) is 2.91. The second-order valence-electron chi connectivity index (χ2n) is 5.69. The Balaban J connectivity index is 1.78. The lowest BCUT2D eigenvalue weighted by molar-refractivity contribution is -0.0832. The van der Waals surface area contributed by atoms with Crippen LogP contribution in [0.4, 0.5) is 4.39 Å². The lowest BCUT2D eigenvalue weighted by atomic mass is 9.71. The number of halogens is 1. The molecule has 0 N–H and O–H groups in total. The van der Waals surface area contributed by atoms with E-state index in [-0.39, 0.29) is 6.10 Å². The van der Waals surface area contributed by atoms with Crippen molar-refractivity contribution in [1.82, 2.24) is 0 Å². The van der Waals surface area contributed by atoms with E-state index in [9.17, 15) is 4.39 Å². The van der Waals surface area contributed by atoms with Gasteiger partial charge in [-0.25, -0.2) is 4.39 Å². The van der Waals surface area contributed by atoms with Crippen molar-refractivity contribution in [2.75, 3.05) is 13.7 Å². The summed E-state index contributed by atoms with van der Waals surface area (Å²) in [5, 5.41) is 0. The number of hydrogen-bond donors (Lipinski definition) is 0. The molecular weight excluding hydrogens is 243 g/mol. The Morgan fingerprint density at radius 1 is 1.16 bits per heavy atom. The lowest BCUT2D eigenvalue weighted by Crippen LogP contribution is -2.36. The van der Waals surface area contributed by atoms with Gasteiger partial charge in [-0.3, -0.25) is 0 Å². The first-order valence-electron chi connectivity index (χ1n) is 7.17. The Bertz CT molecular complexity index is 417. The highest BCUT2D eigenvalue weighted by Crippen LogP contribution is 2.46. The van der Waals surface area contributed by atoms with Gasteiger partial charge in [-0.1, -0.05) is 12.1 Å². The third-order valence-electron chi connectivity index (χ3n) is 4.60. The average molecular weight is 264 g/mol. The van der Waals surface area contributed by atoms with Gasteiger partial charge in [0.2, 0.25) is 0 Å². The van der Waals surface area contributed by atoms with Gasteiger partial charge in [-0.05, 0) is 55.2 Å². The van der Waals surface area contributed by atoms with Crippen molar-refractivity contribution < 1.29 is 13.9 Å². The topological polar surface area (TPSA) is 18.5 Å². The van der Waals surface area contributed by atoms with Gasteiger partial charge in [-0.15, -0.1) is 0 Å². The van der Waals surface area contributed by atoms with Crippen LogP contribution in [0.2, 0.25) is 0 Å². The first-order chi connectivity index (χ1) is 9.28. The Hall–Kier alpha value is -1.09. The monoisotopic (exact) mass is 264 g/mol. The number of hydrogen-bond acceptors (Lipinski definition) is 2. The summed E-state index contributed by atoms with van der Waals surface area (Å²) < 4.78 is 24.7. The van der Waals surface area contributed by atoms with Crippen LogP contribution in [-0.4, -0.2) is 19.9 Å². The largest absolute Gasteiger partial charge is 0.497 e. The van der Waals surface area contributed by atoms with Crippen LogP contribution in [0.5, 0.6) is 5.75 Å². The molecule has 0 amide bonds. The first kappa shape index (κ1) is 12.9. The van der Waals surface area contributed by atoms with E-state index in [1.807, 2.05) is 12.1 Å². The standard InChI is InChI=1S/C16H21FO2/c1-18-14-5-2-11(3-6-14)16-15-7-4-13(17)10-12(15)8-9-19-16/h2-3,5-6,12-13,15-16H,4,7-10H2,1H3/t12-,13?,15-,16+/m0/s1. The van der Waals surface area contributed by atoms with E-state index in [1.54, 1.807) is 7.11 Å². The quantitative estimate of drug-likeness (QED) is 0.806. The molecule has 3 rings (SSSR count). The Labute approximate surface area is 113 Å². The Morgan fingerprint density at radius 2 is 1.95 bits per heavy atom. The van der Waals surface area contributed by atoms with Gasteiger partial charge in [-0.2, -0.15) is 0 Å². The molecule has 1 saturated heterocycles. The average Bonchev–Trinajstić information content (AvgIpc) is 2.46. The number of ether oxygens (including phenoxy) is 2.